The average Bonchev–Trinajstić information content (AvgIpc) is 2.89. The zero-order valence-corrected chi connectivity index (χ0v) is 12.4. The number of aryl methyl sites for hydroxylation is 1. The Hall–Kier alpha value is -2.34. The summed E-state index contributed by atoms with van der Waals surface area (Å²) in [5.41, 5.74) is 2.04. The molecule has 1 aromatic carbocycles. The molecule has 0 unspecified atom stereocenters. The predicted molar refractivity (Wildman–Crippen MR) is 81.7 cm³/mol. The van der Waals surface area contributed by atoms with Gasteiger partial charge in [-0.1, -0.05) is 18.5 Å². The number of carbonyl (C=O) groups is 2. The van der Waals surface area contributed by atoms with Crippen molar-refractivity contribution in [1.82, 2.24) is 10.2 Å². The van der Waals surface area contributed by atoms with Crippen molar-refractivity contribution in [2.75, 3.05) is 10.6 Å². The predicted octanol–water partition coefficient (Wildman–Crippen LogP) is 2.97. The van der Waals surface area contributed by atoms with Crippen molar-refractivity contribution in [3.05, 3.63) is 40.7 Å². The van der Waals surface area contributed by atoms with Gasteiger partial charge in [0.25, 0.3) is 5.91 Å². The SMILES string of the molecule is CCC(=O)Nc1ccc(Cl)c(NC(=O)c2cc(C)[nH]n2)c1. The first-order valence-electron chi connectivity index (χ1n) is 6.42. The number of nitrogens with one attached hydrogen (secondary N) is 3. The molecule has 1 aromatic heterocycles. The normalized spacial score (nSPS) is 10.2. The van der Waals surface area contributed by atoms with E-state index in [0.717, 1.165) is 5.69 Å². The lowest BCUT2D eigenvalue weighted by Crippen LogP contribution is -2.14. The summed E-state index contributed by atoms with van der Waals surface area (Å²) < 4.78 is 0. The number of amides is 2. The Morgan fingerprint density at radius 2 is 2.05 bits per heavy atom. The van der Waals surface area contributed by atoms with Gasteiger partial charge in [0.1, 0.15) is 0 Å². The number of anilines is 2. The molecule has 0 fully saturated rings. The molecule has 0 radical (unpaired) electrons. The van der Waals surface area contributed by atoms with Crippen molar-refractivity contribution < 1.29 is 9.59 Å². The highest BCUT2D eigenvalue weighted by Crippen LogP contribution is 2.26. The van der Waals surface area contributed by atoms with Crippen molar-refractivity contribution in [3.8, 4) is 0 Å². The Balaban J connectivity index is 2.17. The molecule has 21 heavy (non-hydrogen) atoms. The molecule has 7 heteroatoms. The summed E-state index contributed by atoms with van der Waals surface area (Å²) in [5, 5.41) is 12.3. The van der Waals surface area contributed by atoms with Crippen LogP contribution in [0.4, 0.5) is 11.4 Å². The van der Waals surface area contributed by atoms with E-state index in [-0.39, 0.29) is 17.5 Å². The second-order valence-corrected chi connectivity index (χ2v) is 4.89. The summed E-state index contributed by atoms with van der Waals surface area (Å²) in [6.45, 7) is 3.56. The Kier molecular flexibility index (Phi) is 4.59. The van der Waals surface area contributed by atoms with Gasteiger partial charge < -0.3 is 10.6 Å². The van der Waals surface area contributed by atoms with Crippen LogP contribution in [0.5, 0.6) is 0 Å². The number of aromatic nitrogens is 2. The number of halogens is 1. The Morgan fingerprint density at radius 3 is 2.67 bits per heavy atom. The first-order valence-corrected chi connectivity index (χ1v) is 6.80. The van der Waals surface area contributed by atoms with Gasteiger partial charge in [-0.25, -0.2) is 0 Å². The molecule has 0 aliphatic heterocycles. The van der Waals surface area contributed by atoms with E-state index >= 15 is 0 Å². The van der Waals surface area contributed by atoms with Crippen LogP contribution in [-0.2, 0) is 4.79 Å². The molecule has 0 saturated heterocycles. The topological polar surface area (TPSA) is 86.9 Å². The fourth-order valence-electron chi connectivity index (χ4n) is 1.67. The summed E-state index contributed by atoms with van der Waals surface area (Å²) in [7, 11) is 0. The molecule has 2 aromatic rings. The molecular formula is C14H15ClN4O2. The number of nitrogens with zero attached hydrogens (tertiary/aromatic N) is 1. The van der Waals surface area contributed by atoms with Gasteiger partial charge in [0, 0.05) is 17.8 Å². The molecule has 0 bridgehead atoms. The number of hydrogen-bond donors (Lipinski definition) is 3. The lowest BCUT2D eigenvalue weighted by Gasteiger charge is -2.09. The molecule has 1 heterocycles. The third kappa shape index (κ3) is 3.82. The van der Waals surface area contributed by atoms with Gasteiger partial charge in [0.05, 0.1) is 10.7 Å². The van der Waals surface area contributed by atoms with Crippen LogP contribution in [0.1, 0.15) is 29.5 Å². The monoisotopic (exact) mass is 306 g/mol. The van der Waals surface area contributed by atoms with E-state index in [2.05, 4.69) is 20.8 Å². The van der Waals surface area contributed by atoms with Crippen molar-refractivity contribution in [1.29, 1.82) is 0 Å². The van der Waals surface area contributed by atoms with Crippen LogP contribution in [0.25, 0.3) is 0 Å². The van der Waals surface area contributed by atoms with E-state index in [4.69, 9.17) is 11.6 Å². The molecule has 0 spiro atoms. The maximum absolute atomic E-state index is 12.0. The first kappa shape index (κ1) is 15.1. The van der Waals surface area contributed by atoms with Crippen molar-refractivity contribution in [3.63, 3.8) is 0 Å². The fourth-order valence-corrected chi connectivity index (χ4v) is 1.83. The molecule has 2 amide bonds. The Morgan fingerprint density at radius 1 is 1.29 bits per heavy atom. The maximum Gasteiger partial charge on any atom is 0.276 e. The standard InChI is InChI=1S/C14H15ClN4O2/c1-3-13(20)16-9-4-5-10(15)11(7-9)17-14(21)12-6-8(2)18-19-12/h4-7H,3H2,1-2H3,(H,16,20)(H,17,21)(H,18,19). The highest BCUT2D eigenvalue weighted by molar-refractivity contribution is 6.34. The summed E-state index contributed by atoms with van der Waals surface area (Å²) in [5.74, 6) is -0.488. The number of rotatable bonds is 4. The van der Waals surface area contributed by atoms with Crippen molar-refractivity contribution >= 4 is 34.8 Å². The average molecular weight is 307 g/mol. The highest BCUT2D eigenvalue weighted by atomic mass is 35.5. The number of carbonyl (C=O) groups excluding carboxylic acids is 2. The first-order chi connectivity index (χ1) is 9.99. The quantitative estimate of drug-likeness (QED) is 0.811. The van der Waals surface area contributed by atoms with E-state index < -0.39 is 0 Å². The lowest BCUT2D eigenvalue weighted by molar-refractivity contribution is -0.115. The minimum absolute atomic E-state index is 0.113. The Bertz CT molecular complexity index is 681. The second-order valence-electron chi connectivity index (χ2n) is 4.49. The van der Waals surface area contributed by atoms with E-state index in [9.17, 15) is 9.59 Å². The number of H-pyrrole nitrogens is 1. The van der Waals surface area contributed by atoms with Crippen LogP contribution < -0.4 is 10.6 Å². The number of hydrogen-bond acceptors (Lipinski definition) is 3. The zero-order valence-electron chi connectivity index (χ0n) is 11.7. The molecule has 6 nitrogen and oxygen atoms in total. The maximum atomic E-state index is 12.0. The summed E-state index contributed by atoms with van der Waals surface area (Å²) in [6.07, 6.45) is 0.372. The minimum Gasteiger partial charge on any atom is -0.326 e. The van der Waals surface area contributed by atoms with E-state index in [1.54, 1.807) is 38.1 Å². The van der Waals surface area contributed by atoms with Crippen LogP contribution in [0.2, 0.25) is 5.02 Å². The van der Waals surface area contributed by atoms with Gasteiger partial charge in [-0.3, -0.25) is 14.7 Å². The number of benzene rings is 1. The molecule has 2 rings (SSSR count). The van der Waals surface area contributed by atoms with Crippen LogP contribution in [0, 0.1) is 6.92 Å². The zero-order chi connectivity index (χ0) is 15.4. The van der Waals surface area contributed by atoms with Gasteiger partial charge in [-0.05, 0) is 31.2 Å². The lowest BCUT2D eigenvalue weighted by atomic mass is 10.2. The van der Waals surface area contributed by atoms with Crippen LogP contribution >= 0.6 is 11.6 Å². The minimum atomic E-state index is -0.375. The molecule has 0 atom stereocenters. The summed E-state index contributed by atoms with van der Waals surface area (Å²) >= 11 is 6.05. The van der Waals surface area contributed by atoms with E-state index in [0.29, 0.717) is 22.8 Å². The van der Waals surface area contributed by atoms with Gasteiger partial charge in [0.15, 0.2) is 5.69 Å². The summed E-state index contributed by atoms with van der Waals surface area (Å²) in [4.78, 5) is 23.4. The van der Waals surface area contributed by atoms with Gasteiger partial charge >= 0.3 is 0 Å². The van der Waals surface area contributed by atoms with Crippen LogP contribution in [0.3, 0.4) is 0 Å². The fraction of sp³-hybridized carbons (Fsp3) is 0.214. The largest absolute Gasteiger partial charge is 0.326 e. The van der Waals surface area contributed by atoms with Crippen molar-refractivity contribution in [2.24, 2.45) is 0 Å². The van der Waals surface area contributed by atoms with Crippen LogP contribution in [0.15, 0.2) is 24.3 Å². The molecule has 0 saturated carbocycles. The molecule has 0 aliphatic carbocycles. The van der Waals surface area contributed by atoms with Gasteiger partial charge in [0.2, 0.25) is 5.91 Å². The highest BCUT2D eigenvalue weighted by Gasteiger charge is 2.12. The third-order valence-electron chi connectivity index (χ3n) is 2.76. The van der Waals surface area contributed by atoms with Gasteiger partial charge in [-0.2, -0.15) is 5.10 Å². The number of aromatic amines is 1. The third-order valence-corrected chi connectivity index (χ3v) is 3.09. The van der Waals surface area contributed by atoms with E-state index in [1.807, 2.05) is 0 Å². The Labute approximate surface area is 126 Å². The molecule has 0 aliphatic rings. The molecular weight excluding hydrogens is 292 g/mol. The van der Waals surface area contributed by atoms with Crippen LogP contribution in [-0.4, -0.2) is 22.0 Å². The molecule has 110 valence electrons. The second kappa shape index (κ2) is 6.41. The molecule has 3 N–H and O–H groups in total. The van der Waals surface area contributed by atoms with Crippen molar-refractivity contribution in [2.45, 2.75) is 20.3 Å². The van der Waals surface area contributed by atoms with E-state index in [1.165, 1.54) is 0 Å². The van der Waals surface area contributed by atoms with Gasteiger partial charge in [-0.15, -0.1) is 0 Å². The smallest absolute Gasteiger partial charge is 0.276 e. The summed E-state index contributed by atoms with van der Waals surface area (Å²) in [6, 6.07) is 6.52.